The lowest BCUT2D eigenvalue weighted by Crippen LogP contribution is -2.15. The van der Waals surface area contributed by atoms with E-state index in [-0.39, 0.29) is 5.69 Å². The third-order valence-electron chi connectivity index (χ3n) is 2.66. The summed E-state index contributed by atoms with van der Waals surface area (Å²) >= 11 is 0. The molecule has 7 heteroatoms. The van der Waals surface area contributed by atoms with Crippen molar-refractivity contribution in [2.75, 3.05) is 5.32 Å². The van der Waals surface area contributed by atoms with Gasteiger partial charge in [-0.3, -0.25) is 14.9 Å². The molecule has 0 bridgehead atoms. The predicted molar refractivity (Wildman–Crippen MR) is 72.6 cm³/mol. The van der Waals surface area contributed by atoms with Crippen LogP contribution in [-0.2, 0) is 0 Å². The van der Waals surface area contributed by atoms with Crippen LogP contribution in [0.5, 0.6) is 0 Å². The third-order valence-corrected chi connectivity index (χ3v) is 2.66. The Bertz CT molecular complexity index is 685. The summed E-state index contributed by atoms with van der Waals surface area (Å²) in [6.45, 7) is 3.44. The first kappa shape index (κ1) is 13.6. The monoisotopic (exact) mass is 272 g/mol. The Labute approximate surface area is 114 Å². The largest absolute Gasteiger partial charge is 0.322 e. The second-order valence-corrected chi connectivity index (χ2v) is 4.18. The minimum Gasteiger partial charge on any atom is -0.322 e. The highest BCUT2D eigenvalue weighted by Gasteiger charge is 2.13. The molecule has 1 aromatic carbocycles. The van der Waals surface area contributed by atoms with Gasteiger partial charge in [0.15, 0.2) is 0 Å². The highest BCUT2D eigenvalue weighted by Crippen LogP contribution is 2.18. The van der Waals surface area contributed by atoms with Crippen LogP contribution in [0.3, 0.4) is 0 Å². The van der Waals surface area contributed by atoms with E-state index in [2.05, 4.69) is 15.3 Å². The molecular formula is C13H12N4O3. The number of aromatic nitrogens is 2. The van der Waals surface area contributed by atoms with Gasteiger partial charge in [0.25, 0.3) is 11.6 Å². The van der Waals surface area contributed by atoms with E-state index in [9.17, 15) is 14.9 Å². The maximum atomic E-state index is 12.1. The van der Waals surface area contributed by atoms with Crippen LogP contribution in [0, 0.1) is 24.0 Å². The first-order chi connectivity index (χ1) is 9.47. The standard InChI is InChI=1S/C13H12N4O3/c1-8-12(7-14-9(2)15-8)13(18)16-10-4-3-5-11(6-10)17(19)20/h3-7H,1-2H3,(H,16,18). The number of benzene rings is 1. The van der Waals surface area contributed by atoms with Crippen molar-refractivity contribution in [1.82, 2.24) is 9.97 Å². The fourth-order valence-electron chi connectivity index (χ4n) is 1.70. The van der Waals surface area contributed by atoms with E-state index >= 15 is 0 Å². The van der Waals surface area contributed by atoms with Gasteiger partial charge in [-0.1, -0.05) is 6.07 Å². The highest BCUT2D eigenvalue weighted by atomic mass is 16.6. The Hall–Kier alpha value is -2.83. The zero-order valence-electron chi connectivity index (χ0n) is 11.0. The minimum absolute atomic E-state index is 0.0836. The second-order valence-electron chi connectivity index (χ2n) is 4.18. The number of nitro groups is 1. The fraction of sp³-hybridized carbons (Fsp3) is 0.154. The molecule has 1 N–H and O–H groups in total. The van der Waals surface area contributed by atoms with Crippen LogP contribution in [0.1, 0.15) is 21.9 Å². The van der Waals surface area contributed by atoms with E-state index in [1.54, 1.807) is 19.9 Å². The van der Waals surface area contributed by atoms with Crippen LogP contribution in [0.2, 0.25) is 0 Å². The lowest BCUT2D eigenvalue weighted by atomic mass is 10.2. The molecule has 20 heavy (non-hydrogen) atoms. The zero-order valence-corrected chi connectivity index (χ0v) is 11.0. The van der Waals surface area contributed by atoms with Crippen LogP contribution in [-0.4, -0.2) is 20.8 Å². The third kappa shape index (κ3) is 2.94. The minimum atomic E-state index is -0.518. The molecule has 0 unspecified atom stereocenters. The molecule has 0 spiro atoms. The fourth-order valence-corrected chi connectivity index (χ4v) is 1.70. The normalized spacial score (nSPS) is 10.1. The molecule has 0 atom stereocenters. The van der Waals surface area contributed by atoms with Gasteiger partial charge >= 0.3 is 0 Å². The Morgan fingerprint density at radius 3 is 2.75 bits per heavy atom. The van der Waals surface area contributed by atoms with Crippen molar-refractivity contribution in [3.05, 3.63) is 57.7 Å². The van der Waals surface area contributed by atoms with E-state index in [0.717, 1.165) is 0 Å². The van der Waals surface area contributed by atoms with Crippen molar-refractivity contribution in [3.8, 4) is 0 Å². The maximum absolute atomic E-state index is 12.1. The van der Waals surface area contributed by atoms with Gasteiger partial charge in [-0.2, -0.15) is 0 Å². The number of hydrogen-bond acceptors (Lipinski definition) is 5. The lowest BCUT2D eigenvalue weighted by molar-refractivity contribution is -0.384. The molecule has 0 aliphatic heterocycles. The van der Waals surface area contributed by atoms with Crippen LogP contribution >= 0.6 is 0 Å². The molecule has 2 rings (SSSR count). The summed E-state index contributed by atoms with van der Waals surface area (Å²) < 4.78 is 0. The number of hydrogen-bond donors (Lipinski definition) is 1. The number of amides is 1. The van der Waals surface area contributed by atoms with Crippen LogP contribution < -0.4 is 5.32 Å². The van der Waals surface area contributed by atoms with Crippen molar-refractivity contribution in [2.45, 2.75) is 13.8 Å². The first-order valence-electron chi connectivity index (χ1n) is 5.83. The lowest BCUT2D eigenvalue weighted by Gasteiger charge is -2.07. The molecule has 0 saturated heterocycles. The summed E-state index contributed by atoms with van der Waals surface area (Å²) in [6, 6.07) is 5.74. The number of anilines is 1. The Morgan fingerprint density at radius 1 is 1.35 bits per heavy atom. The van der Waals surface area contributed by atoms with Crippen molar-refractivity contribution < 1.29 is 9.72 Å². The van der Waals surface area contributed by atoms with Crippen molar-refractivity contribution in [1.29, 1.82) is 0 Å². The Morgan fingerprint density at radius 2 is 2.10 bits per heavy atom. The molecule has 1 heterocycles. The second kappa shape index (κ2) is 5.43. The van der Waals surface area contributed by atoms with Crippen molar-refractivity contribution >= 4 is 17.3 Å². The number of nitrogens with one attached hydrogen (secondary N) is 1. The van der Waals surface area contributed by atoms with Crippen LogP contribution in [0.25, 0.3) is 0 Å². The number of carbonyl (C=O) groups excluding carboxylic acids is 1. The van der Waals surface area contributed by atoms with Gasteiger partial charge in [-0.25, -0.2) is 9.97 Å². The molecule has 0 radical (unpaired) electrons. The number of nitrogens with zero attached hydrogens (tertiary/aromatic N) is 3. The van der Waals surface area contributed by atoms with E-state index in [0.29, 0.717) is 22.8 Å². The smallest absolute Gasteiger partial charge is 0.271 e. The number of aryl methyl sites for hydroxylation is 2. The van der Waals surface area contributed by atoms with E-state index < -0.39 is 10.8 Å². The Balaban J connectivity index is 2.23. The summed E-state index contributed by atoms with van der Waals surface area (Å²) in [6.07, 6.45) is 1.43. The van der Waals surface area contributed by atoms with E-state index in [1.165, 1.54) is 24.4 Å². The van der Waals surface area contributed by atoms with Crippen molar-refractivity contribution in [3.63, 3.8) is 0 Å². The first-order valence-corrected chi connectivity index (χ1v) is 5.83. The molecule has 0 fully saturated rings. The van der Waals surface area contributed by atoms with Gasteiger partial charge < -0.3 is 5.32 Å². The number of non-ortho nitro benzene ring substituents is 1. The molecule has 0 saturated carbocycles. The molecule has 1 amide bonds. The summed E-state index contributed by atoms with van der Waals surface area (Å²) in [5.41, 5.74) is 1.16. The quantitative estimate of drug-likeness (QED) is 0.682. The highest BCUT2D eigenvalue weighted by molar-refractivity contribution is 6.04. The molecule has 0 aliphatic carbocycles. The summed E-state index contributed by atoms with van der Waals surface area (Å²) in [7, 11) is 0. The van der Waals surface area contributed by atoms with E-state index in [4.69, 9.17) is 0 Å². The average molecular weight is 272 g/mol. The molecule has 0 aliphatic rings. The van der Waals surface area contributed by atoms with Gasteiger partial charge in [-0.15, -0.1) is 0 Å². The van der Waals surface area contributed by atoms with Gasteiger partial charge in [0.05, 0.1) is 16.2 Å². The SMILES string of the molecule is Cc1ncc(C(=O)Nc2cccc([N+](=O)[O-])c2)c(C)n1. The van der Waals surface area contributed by atoms with Gasteiger partial charge in [0.2, 0.25) is 0 Å². The van der Waals surface area contributed by atoms with Gasteiger partial charge in [0, 0.05) is 24.0 Å². The van der Waals surface area contributed by atoms with E-state index in [1.807, 2.05) is 0 Å². The molecule has 7 nitrogen and oxygen atoms in total. The summed E-state index contributed by atoms with van der Waals surface area (Å²) in [4.78, 5) is 30.3. The topological polar surface area (TPSA) is 98.0 Å². The number of carbonyl (C=O) groups is 1. The Kier molecular flexibility index (Phi) is 3.69. The predicted octanol–water partition coefficient (Wildman–Crippen LogP) is 2.25. The maximum Gasteiger partial charge on any atom is 0.271 e. The number of rotatable bonds is 3. The number of nitro benzene ring substituents is 1. The molecule has 1 aromatic heterocycles. The average Bonchev–Trinajstić information content (AvgIpc) is 2.38. The summed E-state index contributed by atoms with van der Waals surface area (Å²) in [5.74, 6) is 0.178. The van der Waals surface area contributed by atoms with Gasteiger partial charge in [-0.05, 0) is 19.9 Å². The molecule has 2 aromatic rings. The zero-order chi connectivity index (χ0) is 14.7. The molecule has 102 valence electrons. The molecular weight excluding hydrogens is 260 g/mol. The summed E-state index contributed by atoms with van der Waals surface area (Å²) in [5, 5.41) is 13.3. The van der Waals surface area contributed by atoms with Crippen molar-refractivity contribution in [2.24, 2.45) is 0 Å². The van der Waals surface area contributed by atoms with Crippen LogP contribution in [0.15, 0.2) is 30.5 Å². The van der Waals surface area contributed by atoms with Gasteiger partial charge in [0.1, 0.15) is 5.82 Å². The van der Waals surface area contributed by atoms with Crippen LogP contribution in [0.4, 0.5) is 11.4 Å².